The SMILES string of the molecule is COc1cc(C(=O)N2C[C@@H](C)O[C@@H](C)C2)ccc1Nc1nc(OC2(C)CC2)c2c(C#N)c[nH]c2n1. The van der Waals surface area contributed by atoms with E-state index >= 15 is 0 Å². The number of nitrogens with one attached hydrogen (secondary N) is 2. The molecule has 10 nitrogen and oxygen atoms in total. The molecule has 1 aromatic carbocycles. The third kappa shape index (κ3) is 4.59. The molecule has 10 heteroatoms. The van der Waals surface area contributed by atoms with E-state index in [0.717, 1.165) is 12.8 Å². The predicted molar refractivity (Wildman–Crippen MR) is 129 cm³/mol. The Hall–Kier alpha value is -3.84. The van der Waals surface area contributed by atoms with Crippen molar-refractivity contribution in [3.05, 3.63) is 35.5 Å². The van der Waals surface area contributed by atoms with Crippen LogP contribution in [0.1, 0.15) is 49.5 Å². The molecule has 2 atom stereocenters. The molecule has 3 aromatic rings. The number of amides is 1. The van der Waals surface area contributed by atoms with E-state index in [-0.39, 0.29) is 29.7 Å². The highest BCUT2D eigenvalue weighted by Crippen LogP contribution is 2.41. The predicted octanol–water partition coefficient (Wildman–Crippen LogP) is 3.76. The maximum atomic E-state index is 13.1. The van der Waals surface area contributed by atoms with Crippen LogP contribution in [-0.2, 0) is 4.74 Å². The smallest absolute Gasteiger partial charge is 0.254 e. The Labute approximate surface area is 203 Å². The first kappa shape index (κ1) is 22.9. The second-order valence-electron chi connectivity index (χ2n) is 9.45. The zero-order chi connectivity index (χ0) is 24.7. The van der Waals surface area contributed by atoms with Gasteiger partial charge < -0.3 is 29.4 Å². The molecule has 1 aliphatic heterocycles. The van der Waals surface area contributed by atoms with E-state index in [9.17, 15) is 10.1 Å². The van der Waals surface area contributed by atoms with Crippen LogP contribution in [0, 0.1) is 11.3 Å². The van der Waals surface area contributed by atoms with Gasteiger partial charge in [0.05, 0.1) is 36.0 Å². The van der Waals surface area contributed by atoms with Gasteiger partial charge in [0, 0.05) is 24.8 Å². The molecule has 2 aliphatic rings. The number of aromatic amines is 1. The molecule has 0 bridgehead atoms. The summed E-state index contributed by atoms with van der Waals surface area (Å²) in [6.45, 7) is 7.03. The first-order chi connectivity index (χ1) is 16.8. The van der Waals surface area contributed by atoms with Crippen LogP contribution < -0.4 is 14.8 Å². The van der Waals surface area contributed by atoms with Gasteiger partial charge in [0.25, 0.3) is 5.91 Å². The Morgan fingerprint density at radius 1 is 1.29 bits per heavy atom. The van der Waals surface area contributed by atoms with Crippen LogP contribution in [0.15, 0.2) is 24.4 Å². The van der Waals surface area contributed by atoms with E-state index in [2.05, 4.69) is 26.3 Å². The van der Waals surface area contributed by atoms with Gasteiger partial charge >= 0.3 is 0 Å². The number of carbonyl (C=O) groups is 1. The molecule has 0 spiro atoms. The number of anilines is 2. The summed E-state index contributed by atoms with van der Waals surface area (Å²) in [6, 6.07) is 7.39. The van der Waals surface area contributed by atoms with E-state index in [1.807, 2.05) is 20.8 Å². The van der Waals surface area contributed by atoms with Crippen LogP contribution in [0.5, 0.6) is 11.6 Å². The number of aromatic nitrogens is 3. The Balaban J connectivity index is 1.43. The first-order valence-corrected chi connectivity index (χ1v) is 11.7. The Morgan fingerprint density at radius 3 is 2.69 bits per heavy atom. The largest absolute Gasteiger partial charge is 0.495 e. The lowest BCUT2D eigenvalue weighted by atomic mass is 10.1. The van der Waals surface area contributed by atoms with Crippen molar-refractivity contribution < 1.29 is 19.0 Å². The van der Waals surface area contributed by atoms with Crippen molar-refractivity contribution in [2.45, 2.75) is 51.4 Å². The number of fused-ring (bicyclic) bond motifs is 1. The minimum absolute atomic E-state index is 0.0125. The van der Waals surface area contributed by atoms with Crippen LogP contribution >= 0.6 is 0 Å². The number of nitriles is 1. The van der Waals surface area contributed by atoms with E-state index in [4.69, 9.17) is 14.2 Å². The third-order valence-electron chi connectivity index (χ3n) is 6.32. The first-order valence-electron chi connectivity index (χ1n) is 11.7. The maximum Gasteiger partial charge on any atom is 0.254 e. The second kappa shape index (κ2) is 8.74. The lowest BCUT2D eigenvalue weighted by molar-refractivity contribution is -0.0586. The number of H-pyrrole nitrogens is 1. The van der Waals surface area contributed by atoms with Gasteiger partial charge in [0.15, 0.2) is 0 Å². The number of ether oxygens (including phenoxy) is 3. The van der Waals surface area contributed by atoms with Gasteiger partial charge in [0.1, 0.15) is 23.1 Å². The number of hydrogen-bond donors (Lipinski definition) is 2. The molecule has 2 N–H and O–H groups in total. The Kier molecular flexibility index (Phi) is 5.73. The van der Waals surface area contributed by atoms with Crippen LogP contribution in [0.3, 0.4) is 0 Å². The Bertz CT molecular complexity index is 1320. The summed E-state index contributed by atoms with van der Waals surface area (Å²) in [5, 5.41) is 13.2. The van der Waals surface area contributed by atoms with Crippen molar-refractivity contribution in [3.63, 3.8) is 0 Å². The fourth-order valence-corrected chi connectivity index (χ4v) is 4.30. The van der Waals surface area contributed by atoms with Gasteiger partial charge in [0.2, 0.25) is 11.8 Å². The summed E-state index contributed by atoms with van der Waals surface area (Å²) in [5.74, 6) is 1.06. The Morgan fingerprint density at radius 2 is 2.03 bits per heavy atom. The molecule has 0 radical (unpaired) electrons. The zero-order valence-corrected chi connectivity index (χ0v) is 20.2. The number of methoxy groups -OCH3 is 1. The maximum absolute atomic E-state index is 13.1. The summed E-state index contributed by atoms with van der Waals surface area (Å²) in [6.07, 6.45) is 3.43. The quantitative estimate of drug-likeness (QED) is 0.551. The van der Waals surface area contributed by atoms with E-state index in [0.29, 0.717) is 52.6 Å². The standard InChI is InChI=1S/C25H28N6O4/c1-14-12-31(13-15(2)34-14)23(32)16-5-6-18(19(9-16)33-4)28-24-29-21-20(17(10-26)11-27-21)22(30-24)35-25(3)7-8-25/h5-6,9,11,14-15H,7-8,12-13H2,1-4H3,(H2,27,28,29,30)/t14-,15+. The summed E-state index contributed by atoms with van der Waals surface area (Å²) in [7, 11) is 1.55. The van der Waals surface area contributed by atoms with Gasteiger partial charge in [-0.1, -0.05) is 0 Å². The molecular weight excluding hydrogens is 448 g/mol. The van der Waals surface area contributed by atoms with Crippen molar-refractivity contribution in [1.82, 2.24) is 19.9 Å². The zero-order valence-electron chi connectivity index (χ0n) is 20.2. The average molecular weight is 477 g/mol. The number of benzene rings is 1. The molecule has 3 heterocycles. The highest BCUT2D eigenvalue weighted by atomic mass is 16.5. The molecule has 182 valence electrons. The molecule has 1 saturated heterocycles. The number of morpholine rings is 1. The molecule has 5 rings (SSSR count). The molecular formula is C25H28N6O4. The molecule has 2 aromatic heterocycles. The molecule has 0 unspecified atom stereocenters. The lowest BCUT2D eigenvalue weighted by Crippen LogP contribution is -2.48. The van der Waals surface area contributed by atoms with Gasteiger partial charge in [-0.25, -0.2) is 0 Å². The van der Waals surface area contributed by atoms with Crippen molar-refractivity contribution >= 4 is 28.6 Å². The second-order valence-corrected chi connectivity index (χ2v) is 9.45. The molecule has 1 saturated carbocycles. The highest BCUT2D eigenvalue weighted by Gasteiger charge is 2.41. The third-order valence-corrected chi connectivity index (χ3v) is 6.32. The summed E-state index contributed by atoms with van der Waals surface area (Å²) >= 11 is 0. The molecule has 2 fully saturated rings. The number of carbonyl (C=O) groups excluding carboxylic acids is 1. The molecule has 1 amide bonds. The van der Waals surface area contributed by atoms with Gasteiger partial charge in [-0.15, -0.1) is 0 Å². The normalized spacial score (nSPS) is 20.8. The monoisotopic (exact) mass is 476 g/mol. The van der Waals surface area contributed by atoms with Gasteiger partial charge in [-0.2, -0.15) is 15.2 Å². The van der Waals surface area contributed by atoms with Crippen molar-refractivity contribution in [1.29, 1.82) is 5.26 Å². The van der Waals surface area contributed by atoms with Gasteiger partial charge in [-0.05, 0) is 51.8 Å². The summed E-state index contributed by atoms with van der Waals surface area (Å²) < 4.78 is 17.5. The van der Waals surface area contributed by atoms with Crippen molar-refractivity contribution in [3.8, 4) is 17.7 Å². The van der Waals surface area contributed by atoms with Gasteiger partial charge in [-0.3, -0.25) is 4.79 Å². The fourth-order valence-electron chi connectivity index (χ4n) is 4.30. The van der Waals surface area contributed by atoms with Crippen LogP contribution in [0.4, 0.5) is 11.6 Å². The van der Waals surface area contributed by atoms with Crippen molar-refractivity contribution in [2.75, 3.05) is 25.5 Å². The van der Waals surface area contributed by atoms with Crippen LogP contribution in [0.25, 0.3) is 11.0 Å². The van der Waals surface area contributed by atoms with Crippen molar-refractivity contribution in [2.24, 2.45) is 0 Å². The topological polar surface area (TPSA) is 125 Å². The lowest BCUT2D eigenvalue weighted by Gasteiger charge is -2.35. The fraction of sp³-hybridized carbons (Fsp3) is 0.440. The van der Waals surface area contributed by atoms with Crippen LogP contribution in [-0.4, -0.2) is 63.8 Å². The summed E-state index contributed by atoms with van der Waals surface area (Å²) in [5.41, 5.74) is 1.77. The minimum atomic E-state index is -0.281. The van der Waals surface area contributed by atoms with E-state index < -0.39 is 0 Å². The highest BCUT2D eigenvalue weighted by molar-refractivity contribution is 5.95. The van der Waals surface area contributed by atoms with E-state index in [1.54, 1.807) is 36.4 Å². The average Bonchev–Trinajstić information content (AvgIpc) is 3.40. The summed E-state index contributed by atoms with van der Waals surface area (Å²) in [4.78, 5) is 27.0. The molecule has 35 heavy (non-hydrogen) atoms. The molecule has 1 aliphatic carbocycles. The van der Waals surface area contributed by atoms with Crippen LogP contribution in [0.2, 0.25) is 0 Å². The minimum Gasteiger partial charge on any atom is -0.495 e. The number of hydrogen-bond acceptors (Lipinski definition) is 8. The number of nitrogens with zero attached hydrogens (tertiary/aromatic N) is 4. The number of rotatable bonds is 6. The van der Waals surface area contributed by atoms with E-state index in [1.165, 1.54) is 0 Å².